The first-order chi connectivity index (χ1) is 8.40. The van der Waals surface area contributed by atoms with Gasteiger partial charge in [-0.25, -0.2) is 0 Å². The van der Waals surface area contributed by atoms with E-state index in [1.165, 1.54) is 0 Å². The number of carbonyl (C=O) groups excluding carboxylic acids is 1. The molecule has 2 aromatic rings. The van der Waals surface area contributed by atoms with Crippen LogP contribution in [0.2, 0.25) is 0 Å². The third kappa shape index (κ3) is 1.58. The molecule has 3 rings (SSSR count). The lowest BCUT2D eigenvalue weighted by Gasteiger charge is -2.07. The minimum Gasteiger partial charge on any atom is -0.302 e. The van der Waals surface area contributed by atoms with Crippen LogP contribution in [0.25, 0.3) is 0 Å². The molecule has 0 saturated carbocycles. The quantitative estimate of drug-likeness (QED) is 0.716. The van der Waals surface area contributed by atoms with Crippen molar-refractivity contribution in [2.75, 3.05) is 0 Å². The summed E-state index contributed by atoms with van der Waals surface area (Å²) >= 11 is 0. The SMILES string of the molecule is O=CC1C(c2ccccc2)=Nc2ccccc21. The molecule has 1 unspecified atom stereocenters. The van der Waals surface area contributed by atoms with Crippen molar-refractivity contribution < 1.29 is 4.79 Å². The van der Waals surface area contributed by atoms with Crippen LogP contribution in [0.1, 0.15) is 17.0 Å². The lowest BCUT2D eigenvalue weighted by atomic mass is 9.93. The fraction of sp³-hybridized carbons (Fsp3) is 0.0667. The summed E-state index contributed by atoms with van der Waals surface area (Å²) in [5, 5.41) is 0. The van der Waals surface area contributed by atoms with Gasteiger partial charge in [0.15, 0.2) is 0 Å². The second-order valence-electron chi connectivity index (χ2n) is 4.04. The normalized spacial score (nSPS) is 17.4. The molecule has 1 aliphatic heterocycles. The van der Waals surface area contributed by atoms with Crippen LogP contribution in [0.5, 0.6) is 0 Å². The van der Waals surface area contributed by atoms with Gasteiger partial charge in [0.2, 0.25) is 0 Å². The molecule has 17 heavy (non-hydrogen) atoms. The minimum atomic E-state index is -0.228. The first-order valence-electron chi connectivity index (χ1n) is 5.58. The number of benzene rings is 2. The highest BCUT2D eigenvalue weighted by Crippen LogP contribution is 2.36. The number of hydrogen-bond acceptors (Lipinski definition) is 2. The summed E-state index contributed by atoms with van der Waals surface area (Å²) in [6.45, 7) is 0. The number of hydrogen-bond donors (Lipinski definition) is 0. The van der Waals surface area contributed by atoms with E-state index >= 15 is 0 Å². The largest absolute Gasteiger partial charge is 0.302 e. The summed E-state index contributed by atoms with van der Waals surface area (Å²) in [6, 6.07) is 17.7. The van der Waals surface area contributed by atoms with Gasteiger partial charge in [-0.15, -0.1) is 0 Å². The van der Waals surface area contributed by atoms with Crippen LogP contribution >= 0.6 is 0 Å². The molecule has 0 aliphatic carbocycles. The van der Waals surface area contributed by atoms with Crippen LogP contribution in [-0.4, -0.2) is 12.0 Å². The molecule has 0 fully saturated rings. The molecular weight excluding hydrogens is 210 g/mol. The summed E-state index contributed by atoms with van der Waals surface area (Å²) in [6.07, 6.45) is 0.970. The second-order valence-corrected chi connectivity index (χ2v) is 4.04. The highest BCUT2D eigenvalue weighted by atomic mass is 16.1. The monoisotopic (exact) mass is 221 g/mol. The van der Waals surface area contributed by atoms with Crippen molar-refractivity contribution in [1.29, 1.82) is 0 Å². The van der Waals surface area contributed by atoms with Gasteiger partial charge in [-0.3, -0.25) is 4.99 Å². The Bertz CT molecular complexity index is 587. The number of aldehydes is 1. The van der Waals surface area contributed by atoms with Crippen LogP contribution in [0.15, 0.2) is 59.6 Å². The summed E-state index contributed by atoms with van der Waals surface area (Å²) in [5.41, 5.74) is 3.77. The highest BCUT2D eigenvalue weighted by molar-refractivity contribution is 6.16. The second kappa shape index (κ2) is 3.98. The Labute approximate surface area is 99.6 Å². The number of aliphatic imine (C=N–C) groups is 1. The zero-order valence-corrected chi connectivity index (χ0v) is 9.21. The summed E-state index contributed by atoms with van der Waals surface area (Å²) in [5.74, 6) is -0.228. The molecule has 1 aliphatic rings. The van der Waals surface area contributed by atoms with Crippen LogP contribution < -0.4 is 0 Å². The summed E-state index contributed by atoms with van der Waals surface area (Å²) < 4.78 is 0. The van der Waals surface area contributed by atoms with Gasteiger partial charge in [0.25, 0.3) is 0 Å². The van der Waals surface area contributed by atoms with Crippen molar-refractivity contribution in [3.05, 3.63) is 65.7 Å². The Morgan fingerprint density at radius 3 is 2.41 bits per heavy atom. The fourth-order valence-corrected chi connectivity index (χ4v) is 2.19. The number of rotatable bonds is 2. The zero-order chi connectivity index (χ0) is 11.7. The van der Waals surface area contributed by atoms with Crippen molar-refractivity contribution in [1.82, 2.24) is 0 Å². The van der Waals surface area contributed by atoms with E-state index in [9.17, 15) is 4.79 Å². The number of nitrogens with zero attached hydrogens (tertiary/aromatic N) is 1. The van der Waals surface area contributed by atoms with Gasteiger partial charge >= 0.3 is 0 Å². The van der Waals surface area contributed by atoms with E-state index in [-0.39, 0.29) is 5.92 Å². The minimum absolute atomic E-state index is 0.228. The first-order valence-corrected chi connectivity index (χ1v) is 5.58. The van der Waals surface area contributed by atoms with Crippen molar-refractivity contribution >= 4 is 17.7 Å². The molecule has 0 amide bonds. The Kier molecular flexibility index (Phi) is 2.33. The van der Waals surface area contributed by atoms with Gasteiger partial charge in [-0.1, -0.05) is 48.5 Å². The molecule has 0 radical (unpaired) electrons. The van der Waals surface area contributed by atoms with Crippen LogP contribution in [0.3, 0.4) is 0 Å². The molecular formula is C15H11NO. The predicted octanol–water partition coefficient (Wildman–Crippen LogP) is 3.10. The van der Waals surface area contributed by atoms with Crippen LogP contribution in [0, 0.1) is 0 Å². The van der Waals surface area contributed by atoms with Gasteiger partial charge in [-0.05, 0) is 17.2 Å². The fourth-order valence-electron chi connectivity index (χ4n) is 2.19. The third-order valence-electron chi connectivity index (χ3n) is 3.01. The van der Waals surface area contributed by atoms with E-state index in [0.717, 1.165) is 28.8 Å². The average Bonchev–Trinajstić information content (AvgIpc) is 2.78. The number of para-hydroxylation sites is 1. The topological polar surface area (TPSA) is 29.4 Å². The maximum Gasteiger partial charge on any atom is 0.133 e. The maximum absolute atomic E-state index is 11.3. The summed E-state index contributed by atoms with van der Waals surface area (Å²) in [7, 11) is 0. The molecule has 2 heteroatoms. The van der Waals surface area contributed by atoms with E-state index in [1.54, 1.807) is 0 Å². The molecule has 0 N–H and O–H groups in total. The molecule has 0 bridgehead atoms. The molecule has 1 heterocycles. The molecule has 1 atom stereocenters. The average molecular weight is 221 g/mol. The van der Waals surface area contributed by atoms with E-state index in [0.29, 0.717) is 0 Å². The van der Waals surface area contributed by atoms with Gasteiger partial charge in [-0.2, -0.15) is 0 Å². The standard InChI is InChI=1S/C15H11NO/c17-10-13-12-8-4-5-9-14(12)16-15(13)11-6-2-1-3-7-11/h1-10,13H. The van der Waals surface area contributed by atoms with Gasteiger partial charge in [0, 0.05) is 0 Å². The van der Waals surface area contributed by atoms with Crippen LogP contribution in [-0.2, 0) is 4.79 Å². The molecule has 0 spiro atoms. The Balaban J connectivity index is 2.12. The van der Waals surface area contributed by atoms with Crippen molar-refractivity contribution in [3.63, 3.8) is 0 Å². The Morgan fingerprint density at radius 2 is 1.65 bits per heavy atom. The molecule has 2 aromatic carbocycles. The van der Waals surface area contributed by atoms with E-state index in [1.807, 2.05) is 54.6 Å². The van der Waals surface area contributed by atoms with Gasteiger partial charge < -0.3 is 4.79 Å². The molecule has 2 nitrogen and oxygen atoms in total. The Morgan fingerprint density at radius 1 is 0.941 bits per heavy atom. The van der Waals surface area contributed by atoms with E-state index in [4.69, 9.17) is 0 Å². The van der Waals surface area contributed by atoms with E-state index in [2.05, 4.69) is 4.99 Å². The highest BCUT2D eigenvalue weighted by Gasteiger charge is 2.27. The van der Waals surface area contributed by atoms with Crippen LogP contribution in [0.4, 0.5) is 5.69 Å². The zero-order valence-electron chi connectivity index (χ0n) is 9.21. The van der Waals surface area contributed by atoms with Crippen molar-refractivity contribution in [2.45, 2.75) is 5.92 Å². The predicted molar refractivity (Wildman–Crippen MR) is 67.9 cm³/mol. The number of carbonyl (C=O) groups is 1. The molecule has 82 valence electrons. The summed E-state index contributed by atoms with van der Waals surface area (Å²) in [4.78, 5) is 15.8. The smallest absolute Gasteiger partial charge is 0.133 e. The maximum atomic E-state index is 11.3. The third-order valence-corrected chi connectivity index (χ3v) is 3.01. The number of fused-ring (bicyclic) bond motifs is 1. The molecule has 0 aromatic heterocycles. The van der Waals surface area contributed by atoms with Gasteiger partial charge in [0.1, 0.15) is 6.29 Å². The molecule has 0 saturated heterocycles. The Hall–Kier alpha value is -2.22. The van der Waals surface area contributed by atoms with Crippen molar-refractivity contribution in [3.8, 4) is 0 Å². The lowest BCUT2D eigenvalue weighted by Crippen LogP contribution is -2.10. The lowest BCUT2D eigenvalue weighted by molar-refractivity contribution is -0.107. The van der Waals surface area contributed by atoms with Crippen molar-refractivity contribution in [2.24, 2.45) is 4.99 Å². The van der Waals surface area contributed by atoms with E-state index < -0.39 is 0 Å². The first kappa shape index (κ1) is 9.97. The van der Waals surface area contributed by atoms with Gasteiger partial charge in [0.05, 0.1) is 17.3 Å².